The molecule has 108 valence electrons. The number of carbonyl (C=O) groups is 1. The smallest absolute Gasteiger partial charge is 0.254 e. The van der Waals surface area contributed by atoms with Crippen molar-refractivity contribution in [3.05, 3.63) is 35.9 Å². The summed E-state index contributed by atoms with van der Waals surface area (Å²) < 4.78 is 5.28. The van der Waals surface area contributed by atoms with E-state index in [1.54, 1.807) is 0 Å². The normalized spacial score (nSPS) is 30.3. The van der Waals surface area contributed by atoms with Crippen LogP contribution in [0.15, 0.2) is 30.3 Å². The summed E-state index contributed by atoms with van der Waals surface area (Å²) in [4.78, 5) is 16.6. The number of epoxide rings is 1. The van der Waals surface area contributed by atoms with E-state index in [9.17, 15) is 4.79 Å². The summed E-state index contributed by atoms with van der Waals surface area (Å²) in [5.74, 6) is 0.170. The summed E-state index contributed by atoms with van der Waals surface area (Å²) in [7, 11) is 0. The number of piperazine rings is 1. The van der Waals surface area contributed by atoms with Crippen molar-refractivity contribution in [2.45, 2.75) is 38.6 Å². The lowest BCUT2D eigenvalue weighted by Crippen LogP contribution is -2.54. The minimum atomic E-state index is -0.178. The van der Waals surface area contributed by atoms with Gasteiger partial charge in [0.25, 0.3) is 5.91 Å². The predicted molar refractivity (Wildman–Crippen MR) is 77.2 cm³/mol. The molecule has 1 amide bonds. The number of amides is 1. The number of ether oxygens (including phenoxy) is 1. The third kappa shape index (κ3) is 2.86. The summed E-state index contributed by atoms with van der Waals surface area (Å²) in [5.41, 5.74) is 1.33. The number of rotatable bonds is 3. The Kier molecular flexibility index (Phi) is 3.76. The third-order valence-electron chi connectivity index (χ3n) is 4.26. The van der Waals surface area contributed by atoms with Crippen molar-refractivity contribution in [1.29, 1.82) is 0 Å². The van der Waals surface area contributed by atoms with Gasteiger partial charge in [0.2, 0.25) is 0 Å². The van der Waals surface area contributed by atoms with Gasteiger partial charge in [-0.3, -0.25) is 9.69 Å². The molecular weight excluding hydrogens is 252 g/mol. The predicted octanol–water partition coefficient (Wildman–Crippen LogP) is 1.51. The van der Waals surface area contributed by atoms with Gasteiger partial charge in [0.15, 0.2) is 6.10 Å². The van der Waals surface area contributed by atoms with Crippen LogP contribution in [-0.2, 0) is 16.1 Å². The lowest BCUT2D eigenvalue weighted by atomic mass is 10.1. The van der Waals surface area contributed by atoms with E-state index in [2.05, 4.69) is 36.1 Å². The lowest BCUT2D eigenvalue weighted by molar-refractivity contribution is -0.135. The molecule has 1 aromatic rings. The maximum atomic E-state index is 12.2. The van der Waals surface area contributed by atoms with Crippen LogP contribution < -0.4 is 0 Å². The number of benzene rings is 1. The maximum Gasteiger partial charge on any atom is 0.254 e. The molecule has 2 heterocycles. The highest BCUT2D eigenvalue weighted by atomic mass is 16.6. The topological polar surface area (TPSA) is 36.1 Å². The van der Waals surface area contributed by atoms with Crippen LogP contribution in [-0.4, -0.2) is 53.6 Å². The number of nitrogens with zero attached hydrogens (tertiary/aromatic N) is 2. The van der Waals surface area contributed by atoms with Crippen molar-refractivity contribution < 1.29 is 9.53 Å². The van der Waals surface area contributed by atoms with Crippen molar-refractivity contribution in [2.24, 2.45) is 0 Å². The van der Waals surface area contributed by atoms with Crippen LogP contribution in [0.5, 0.6) is 0 Å². The van der Waals surface area contributed by atoms with Crippen LogP contribution in [0, 0.1) is 0 Å². The van der Waals surface area contributed by atoms with E-state index in [1.165, 1.54) is 5.56 Å². The van der Waals surface area contributed by atoms with Gasteiger partial charge >= 0.3 is 0 Å². The maximum absolute atomic E-state index is 12.2. The molecule has 0 aromatic heterocycles. The number of hydrogen-bond donors (Lipinski definition) is 0. The van der Waals surface area contributed by atoms with Gasteiger partial charge in [-0.2, -0.15) is 0 Å². The molecule has 4 nitrogen and oxygen atoms in total. The minimum Gasteiger partial charge on any atom is -0.359 e. The van der Waals surface area contributed by atoms with Crippen LogP contribution in [0.2, 0.25) is 0 Å². The monoisotopic (exact) mass is 274 g/mol. The van der Waals surface area contributed by atoms with E-state index in [-0.39, 0.29) is 18.1 Å². The molecule has 1 unspecified atom stereocenters. The van der Waals surface area contributed by atoms with Crippen molar-refractivity contribution in [3.8, 4) is 0 Å². The van der Waals surface area contributed by atoms with Gasteiger partial charge in [0.1, 0.15) is 0 Å². The Morgan fingerprint density at radius 3 is 2.55 bits per heavy atom. The first kappa shape index (κ1) is 13.6. The zero-order valence-corrected chi connectivity index (χ0v) is 12.2. The Labute approximate surface area is 120 Å². The molecule has 0 bridgehead atoms. The molecule has 0 spiro atoms. The Balaban J connectivity index is 1.55. The summed E-state index contributed by atoms with van der Waals surface area (Å²) in [5, 5.41) is 0. The van der Waals surface area contributed by atoms with E-state index in [0.29, 0.717) is 6.04 Å². The molecular formula is C16H22N2O2. The van der Waals surface area contributed by atoms with E-state index in [1.807, 2.05) is 17.9 Å². The largest absolute Gasteiger partial charge is 0.359 e. The second-order valence-electron chi connectivity index (χ2n) is 5.85. The third-order valence-corrected chi connectivity index (χ3v) is 4.26. The first-order valence-electron chi connectivity index (χ1n) is 7.37. The number of carbonyl (C=O) groups excluding carboxylic acids is 1. The van der Waals surface area contributed by atoms with Crippen molar-refractivity contribution >= 4 is 5.91 Å². The first-order valence-corrected chi connectivity index (χ1v) is 7.37. The Morgan fingerprint density at radius 1 is 1.25 bits per heavy atom. The van der Waals surface area contributed by atoms with Crippen LogP contribution >= 0.6 is 0 Å². The number of hydrogen-bond acceptors (Lipinski definition) is 3. The van der Waals surface area contributed by atoms with Crippen molar-refractivity contribution in [1.82, 2.24) is 9.80 Å². The second kappa shape index (κ2) is 5.54. The average Bonchev–Trinajstić information content (AvgIpc) is 3.18. The molecule has 0 N–H and O–H groups in total. The summed E-state index contributed by atoms with van der Waals surface area (Å²) in [6, 6.07) is 10.9. The van der Waals surface area contributed by atoms with Gasteiger partial charge in [-0.05, 0) is 19.4 Å². The average molecular weight is 274 g/mol. The van der Waals surface area contributed by atoms with Gasteiger partial charge in [0.05, 0.1) is 6.10 Å². The minimum absolute atomic E-state index is 0.111. The second-order valence-corrected chi connectivity index (χ2v) is 5.85. The molecule has 20 heavy (non-hydrogen) atoms. The summed E-state index contributed by atoms with van der Waals surface area (Å²) >= 11 is 0. The van der Waals surface area contributed by atoms with E-state index in [4.69, 9.17) is 4.74 Å². The quantitative estimate of drug-likeness (QED) is 0.784. The fourth-order valence-electron chi connectivity index (χ4n) is 2.87. The van der Waals surface area contributed by atoms with E-state index in [0.717, 1.165) is 26.2 Å². The summed E-state index contributed by atoms with van der Waals surface area (Å²) in [6.07, 6.45) is -0.0666. The van der Waals surface area contributed by atoms with Gasteiger partial charge in [0, 0.05) is 32.2 Å². The van der Waals surface area contributed by atoms with Gasteiger partial charge in [-0.25, -0.2) is 0 Å². The Morgan fingerprint density at radius 2 is 1.95 bits per heavy atom. The van der Waals surface area contributed by atoms with Crippen LogP contribution in [0.25, 0.3) is 0 Å². The van der Waals surface area contributed by atoms with Crippen molar-refractivity contribution in [3.63, 3.8) is 0 Å². The van der Waals surface area contributed by atoms with Crippen LogP contribution in [0.4, 0.5) is 0 Å². The molecule has 2 aliphatic heterocycles. The van der Waals surface area contributed by atoms with Crippen molar-refractivity contribution in [2.75, 3.05) is 19.6 Å². The fraction of sp³-hybridized carbons (Fsp3) is 0.562. The Hall–Kier alpha value is -1.39. The molecule has 2 saturated heterocycles. The molecule has 0 saturated carbocycles. The zero-order chi connectivity index (χ0) is 14.1. The van der Waals surface area contributed by atoms with Gasteiger partial charge in [-0.1, -0.05) is 30.3 Å². The van der Waals surface area contributed by atoms with Crippen LogP contribution in [0.1, 0.15) is 19.4 Å². The highest BCUT2D eigenvalue weighted by Crippen LogP contribution is 2.25. The zero-order valence-electron chi connectivity index (χ0n) is 12.2. The molecule has 3 atom stereocenters. The molecule has 3 rings (SSSR count). The Bertz CT molecular complexity index is 477. The van der Waals surface area contributed by atoms with E-state index < -0.39 is 0 Å². The molecule has 0 radical (unpaired) electrons. The van der Waals surface area contributed by atoms with E-state index >= 15 is 0 Å². The lowest BCUT2D eigenvalue weighted by Gasteiger charge is -2.39. The summed E-state index contributed by atoms with van der Waals surface area (Å²) in [6.45, 7) is 7.65. The first-order chi connectivity index (χ1) is 9.65. The molecule has 2 fully saturated rings. The van der Waals surface area contributed by atoms with Gasteiger partial charge < -0.3 is 9.64 Å². The van der Waals surface area contributed by atoms with Crippen LogP contribution in [0.3, 0.4) is 0 Å². The standard InChI is InChI=1S/C16H22N2O2/c1-12-10-18(16(19)15-13(2)20-15)9-8-17(12)11-14-6-4-3-5-7-14/h3-7,12-13,15H,8-11H2,1-2H3/t12?,13-,15+/m0/s1. The molecule has 0 aliphatic carbocycles. The molecule has 2 aliphatic rings. The van der Waals surface area contributed by atoms with Gasteiger partial charge in [-0.15, -0.1) is 0 Å². The molecule has 1 aromatic carbocycles. The fourth-order valence-corrected chi connectivity index (χ4v) is 2.87. The SMILES string of the molecule is CC1CN(C(=O)[C@@H]2O[C@H]2C)CCN1Cc1ccccc1. The molecule has 4 heteroatoms. The highest BCUT2D eigenvalue weighted by molar-refractivity contribution is 5.83. The highest BCUT2D eigenvalue weighted by Gasteiger charge is 2.44.